The number of aryl methyl sites for hydroxylation is 1. The number of likely N-dealkylation sites (tertiary alicyclic amines) is 1. The Kier molecular flexibility index (Phi) is 4.16. The number of hydrogen-bond donors (Lipinski definition) is 0. The zero-order chi connectivity index (χ0) is 16.6. The van der Waals surface area contributed by atoms with E-state index in [1.54, 1.807) is 0 Å². The maximum Gasteiger partial charge on any atom is 0.251 e. The Morgan fingerprint density at radius 1 is 1.21 bits per heavy atom. The van der Waals surface area contributed by atoms with Crippen LogP contribution >= 0.6 is 0 Å². The van der Waals surface area contributed by atoms with Gasteiger partial charge in [0.2, 0.25) is 0 Å². The lowest BCUT2D eigenvalue weighted by Crippen LogP contribution is -2.46. The first-order valence-corrected chi connectivity index (χ1v) is 9.11. The molecule has 2 atom stereocenters. The molecule has 4 heterocycles. The average Bonchev–Trinajstić information content (AvgIpc) is 3.26. The van der Waals surface area contributed by atoms with Crippen molar-refractivity contribution in [1.82, 2.24) is 15.1 Å². The molecule has 3 fully saturated rings. The predicted octanol–water partition coefficient (Wildman–Crippen LogP) is 1.78. The monoisotopic (exact) mass is 330 g/mol. The molecule has 0 aromatic carbocycles. The van der Waals surface area contributed by atoms with Crippen LogP contribution in [0.25, 0.3) is 0 Å². The van der Waals surface area contributed by atoms with E-state index in [2.05, 4.69) is 21.2 Å². The molecule has 0 saturated carbocycles. The SMILES string of the molecule is Cc1ccc(N2CCC[C@]3(CCN(C(=O)[C@H]4CCCO4)C3)C2)nn1. The summed E-state index contributed by atoms with van der Waals surface area (Å²) in [4.78, 5) is 17.0. The highest BCUT2D eigenvalue weighted by atomic mass is 16.5. The molecule has 1 amide bonds. The van der Waals surface area contributed by atoms with E-state index in [-0.39, 0.29) is 17.4 Å². The van der Waals surface area contributed by atoms with E-state index in [4.69, 9.17) is 4.74 Å². The number of ether oxygens (including phenoxy) is 1. The summed E-state index contributed by atoms with van der Waals surface area (Å²) in [6.45, 7) is 6.42. The summed E-state index contributed by atoms with van der Waals surface area (Å²) in [6.07, 6.45) is 5.13. The van der Waals surface area contributed by atoms with Crippen molar-refractivity contribution in [2.75, 3.05) is 37.7 Å². The molecule has 6 heteroatoms. The van der Waals surface area contributed by atoms with Gasteiger partial charge in [-0.05, 0) is 51.2 Å². The first-order valence-electron chi connectivity index (χ1n) is 9.11. The first kappa shape index (κ1) is 15.8. The zero-order valence-electron chi connectivity index (χ0n) is 14.4. The van der Waals surface area contributed by atoms with Gasteiger partial charge in [-0.15, -0.1) is 5.10 Å². The molecule has 0 aliphatic carbocycles. The van der Waals surface area contributed by atoms with Gasteiger partial charge < -0.3 is 14.5 Å². The zero-order valence-corrected chi connectivity index (χ0v) is 14.4. The lowest BCUT2D eigenvalue weighted by atomic mass is 9.79. The van der Waals surface area contributed by atoms with Crippen LogP contribution in [0.5, 0.6) is 0 Å². The molecule has 1 spiro atoms. The Hall–Kier alpha value is -1.69. The van der Waals surface area contributed by atoms with Gasteiger partial charge in [0.15, 0.2) is 5.82 Å². The fourth-order valence-corrected chi connectivity index (χ4v) is 4.40. The average molecular weight is 330 g/mol. The van der Waals surface area contributed by atoms with Crippen LogP contribution in [0.4, 0.5) is 5.82 Å². The quantitative estimate of drug-likeness (QED) is 0.827. The minimum Gasteiger partial charge on any atom is -0.368 e. The highest BCUT2D eigenvalue weighted by Gasteiger charge is 2.44. The van der Waals surface area contributed by atoms with Crippen molar-refractivity contribution in [2.45, 2.75) is 45.1 Å². The summed E-state index contributed by atoms with van der Waals surface area (Å²) in [5, 5.41) is 8.54. The third kappa shape index (κ3) is 2.99. The normalized spacial score (nSPS) is 30.3. The number of carbonyl (C=O) groups is 1. The van der Waals surface area contributed by atoms with Crippen LogP contribution in [-0.4, -0.2) is 59.9 Å². The molecule has 1 aromatic rings. The molecule has 0 N–H and O–H groups in total. The Bertz CT molecular complexity index is 600. The Labute approximate surface area is 143 Å². The molecule has 0 bridgehead atoms. The van der Waals surface area contributed by atoms with Crippen molar-refractivity contribution in [2.24, 2.45) is 5.41 Å². The van der Waals surface area contributed by atoms with Gasteiger partial charge in [0.05, 0.1) is 5.69 Å². The van der Waals surface area contributed by atoms with Crippen LogP contribution in [0.15, 0.2) is 12.1 Å². The number of amides is 1. The molecule has 4 rings (SSSR count). The maximum absolute atomic E-state index is 12.6. The molecule has 1 aromatic heterocycles. The maximum atomic E-state index is 12.6. The lowest BCUT2D eigenvalue weighted by molar-refractivity contribution is -0.140. The molecule has 3 aliphatic heterocycles. The summed E-state index contributed by atoms with van der Waals surface area (Å²) in [5.74, 6) is 1.17. The number of rotatable bonds is 2. The van der Waals surface area contributed by atoms with Gasteiger partial charge in [0.25, 0.3) is 5.91 Å². The fraction of sp³-hybridized carbons (Fsp3) is 0.722. The Morgan fingerprint density at radius 3 is 2.88 bits per heavy atom. The van der Waals surface area contributed by atoms with Gasteiger partial charge in [0, 0.05) is 38.2 Å². The van der Waals surface area contributed by atoms with Crippen molar-refractivity contribution in [3.63, 3.8) is 0 Å². The minimum atomic E-state index is -0.192. The van der Waals surface area contributed by atoms with Crippen molar-refractivity contribution in [3.8, 4) is 0 Å². The molecule has 130 valence electrons. The number of anilines is 1. The van der Waals surface area contributed by atoms with Gasteiger partial charge >= 0.3 is 0 Å². The molecular formula is C18H26N4O2. The third-order valence-corrected chi connectivity index (χ3v) is 5.72. The van der Waals surface area contributed by atoms with E-state index < -0.39 is 0 Å². The van der Waals surface area contributed by atoms with Crippen molar-refractivity contribution in [1.29, 1.82) is 0 Å². The van der Waals surface area contributed by atoms with Crippen LogP contribution < -0.4 is 4.90 Å². The molecular weight excluding hydrogens is 304 g/mol. The van der Waals surface area contributed by atoms with Crippen LogP contribution in [0, 0.1) is 12.3 Å². The minimum absolute atomic E-state index is 0.192. The second-order valence-electron chi connectivity index (χ2n) is 7.57. The summed E-state index contributed by atoms with van der Waals surface area (Å²) in [5.41, 5.74) is 1.15. The number of carbonyl (C=O) groups excluding carboxylic acids is 1. The van der Waals surface area contributed by atoms with Crippen LogP contribution in [0.3, 0.4) is 0 Å². The van der Waals surface area contributed by atoms with Crippen LogP contribution in [0.1, 0.15) is 37.8 Å². The highest BCUT2D eigenvalue weighted by Crippen LogP contribution is 2.40. The Morgan fingerprint density at radius 2 is 2.12 bits per heavy atom. The molecule has 24 heavy (non-hydrogen) atoms. The van der Waals surface area contributed by atoms with E-state index in [0.717, 1.165) is 70.0 Å². The van der Waals surface area contributed by atoms with E-state index in [9.17, 15) is 4.79 Å². The highest BCUT2D eigenvalue weighted by molar-refractivity contribution is 5.81. The summed E-state index contributed by atoms with van der Waals surface area (Å²) in [7, 11) is 0. The lowest BCUT2D eigenvalue weighted by Gasteiger charge is -2.40. The number of piperidine rings is 1. The largest absolute Gasteiger partial charge is 0.368 e. The third-order valence-electron chi connectivity index (χ3n) is 5.72. The number of hydrogen-bond acceptors (Lipinski definition) is 5. The molecule has 3 saturated heterocycles. The second kappa shape index (κ2) is 6.31. The van der Waals surface area contributed by atoms with E-state index in [1.165, 1.54) is 6.42 Å². The van der Waals surface area contributed by atoms with Gasteiger partial charge in [-0.3, -0.25) is 4.79 Å². The van der Waals surface area contributed by atoms with Crippen LogP contribution in [0.2, 0.25) is 0 Å². The molecule has 0 unspecified atom stereocenters. The number of aromatic nitrogens is 2. The predicted molar refractivity (Wildman–Crippen MR) is 90.8 cm³/mol. The topological polar surface area (TPSA) is 58.6 Å². The van der Waals surface area contributed by atoms with E-state index in [0.29, 0.717) is 0 Å². The van der Waals surface area contributed by atoms with Crippen molar-refractivity contribution in [3.05, 3.63) is 17.8 Å². The first-order chi connectivity index (χ1) is 11.7. The van der Waals surface area contributed by atoms with Gasteiger partial charge in [-0.1, -0.05) is 0 Å². The smallest absolute Gasteiger partial charge is 0.251 e. The van der Waals surface area contributed by atoms with Gasteiger partial charge in [-0.25, -0.2) is 0 Å². The second-order valence-corrected chi connectivity index (χ2v) is 7.57. The molecule has 0 radical (unpaired) electrons. The van der Waals surface area contributed by atoms with Crippen molar-refractivity contribution < 1.29 is 9.53 Å². The Balaban J connectivity index is 1.43. The summed E-state index contributed by atoms with van der Waals surface area (Å²) < 4.78 is 5.58. The van der Waals surface area contributed by atoms with Gasteiger partial charge in [0.1, 0.15) is 6.10 Å². The standard InChI is InChI=1S/C18H26N4O2/c1-14-5-6-16(20-19-14)21-9-3-7-18(12-21)8-10-22(13-18)17(23)15-4-2-11-24-15/h5-6,15H,2-4,7-13H2,1H3/t15-,18+/m1/s1. The number of nitrogens with zero attached hydrogens (tertiary/aromatic N) is 4. The van der Waals surface area contributed by atoms with E-state index in [1.807, 2.05) is 17.9 Å². The fourth-order valence-electron chi connectivity index (χ4n) is 4.40. The van der Waals surface area contributed by atoms with Crippen molar-refractivity contribution >= 4 is 11.7 Å². The molecule has 6 nitrogen and oxygen atoms in total. The van der Waals surface area contributed by atoms with E-state index >= 15 is 0 Å². The van der Waals surface area contributed by atoms with Crippen LogP contribution in [-0.2, 0) is 9.53 Å². The molecule has 3 aliphatic rings. The summed E-state index contributed by atoms with van der Waals surface area (Å²) in [6, 6.07) is 4.08. The van der Waals surface area contributed by atoms with Gasteiger partial charge in [-0.2, -0.15) is 5.10 Å². The summed E-state index contributed by atoms with van der Waals surface area (Å²) >= 11 is 0.